The Kier molecular flexibility index (Phi) is 8.44. The van der Waals surface area contributed by atoms with E-state index in [1.54, 1.807) is 38.1 Å². The molecule has 4 aromatic rings. The van der Waals surface area contributed by atoms with E-state index in [4.69, 9.17) is 4.74 Å². The van der Waals surface area contributed by atoms with Crippen LogP contribution >= 0.6 is 0 Å². The Labute approximate surface area is 247 Å². The van der Waals surface area contributed by atoms with Crippen LogP contribution in [0.25, 0.3) is 11.0 Å². The summed E-state index contributed by atoms with van der Waals surface area (Å²) in [5, 5.41) is 9.50. The third-order valence-corrected chi connectivity index (χ3v) is 6.99. The molecule has 0 bridgehead atoms. The molecule has 0 saturated heterocycles. The standard InChI is InChI=1S/C30H34F2N8O3/c1-16(2)34-29(42)25-20(9-8-19(31)26(25)32)35-28-18-10-11-33-27(18)37-30(38-28)36-21-14-22-17(13-23(21)43-5)7-6-12-40(22)24(41)15-39(3)4/h8-11,13-14,16H,6-7,12,15H2,1-5H3,(H,34,42)(H3,33,35,36,37,38)/p+1. The first-order chi connectivity index (χ1) is 20.5. The minimum Gasteiger partial charge on any atom is -0.493 e. The predicted molar refractivity (Wildman–Crippen MR) is 160 cm³/mol. The van der Waals surface area contributed by atoms with Crippen LogP contribution in [0, 0.1) is 11.6 Å². The molecule has 11 nitrogen and oxygen atoms in total. The van der Waals surface area contributed by atoms with E-state index < -0.39 is 23.1 Å². The van der Waals surface area contributed by atoms with Gasteiger partial charge in [-0.15, -0.1) is 0 Å². The molecule has 3 heterocycles. The number of carbonyl (C=O) groups is 2. The molecular weight excluding hydrogens is 558 g/mol. The van der Waals surface area contributed by atoms with Crippen molar-refractivity contribution in [2.24, 2.45) is 0 Å². The predicted octanol–water partition coefficient (Wildman–Crippen LogP) is 4.13. The molecule has 0 radical (unpaired) electrons. The Morgan fingerprint density at radius 1 is 1.16 bits per heavy atom. The lowest BCUT2D eigenvalue weighted by Gasteiger charge is -2.31. The zero-order chi connectivity index (χ0) is 30.8. The molecule has 43 heavy (non-hydrogen) atoms. The lowest BCUT2D eigenvalue weighted by molar-refractivity contribution is -0.333. The number of benzene rings is 2. The van der Waals surface area contributed by atoms with E-state index in [-0.39, 0.29) is 35.9 Å². The number of likely N-dealkylation sites (N-methyl/N-ethyl adjacent to an activating group) is 1. The summed E-state index contributed by atoms with van der Waals surface area (Å²) >= 11 is 0. The van der Waals surface area contributed by atoms with Gasteiger partial charge in [0.2, 0.25) is 17.4 Å². The van der Waals surface area contributed by atoms with Gasteiger partial charge in [-0.25, -0.2) is 13.8 Å². The number of nitrogens with one attached hydrogen (secondary N) is 5. The summed E-state index contributed by atoms with van der Waals surface area (Å²) in [6, 6.07) is 7.50. The number of hydrogen-bond donors (Lipinski definition) is 4. The van der Waals surface area contributed by atoms with Gasteiger partial charge in [0.05, 0.1) is 30.4 Å². The van der Waals surface area contributed by atoms with Crippen LogP contribution in [0.3, 0.4) is 0 Å². The van der Waals surface area contributed by atoms with Gasteiger partial charge in [-0.05, 0) is 70.6 Å². The lowest BCUT2D eigenvalue weighted by atomic mass is 10.00. The average molecular weight is 594 g/mol. The van der Waals surface area contributed by atoms with Crippen molar-refractivity contribution in [3.8, 4) is 5.75 Å². The minimum atomic E-state index is -1.26. The van der Waals surface area contributed by atoms with Gasteiger partial charge >= 0.3 is 5.95 Å². The van der Waals surface area contributed by atoms with Crippen LogP contribution in [0.15, 0.2) is 36.5 Å². The van der Waals surface area contributed by atoms with E-state index in [0.29, 0.717) is 29.0 Å². The maximum atomic E-state index is 14.9. The number of aromatic amines is 2. The summed E-state index contributed by atoms with van der Waals surface area (Å²) < 4.78 is 34.8. The normalized spacial score (nSPS) is 12.9. The van der Waals surface area contributed by atoms with Crippen LogP contribution in [0.5, 0.6) is 5.75 Å². The van der Waals surface area contributed by atoms with Crippen molar-refractivity contribution in [1.29, 1.82) is 0 Å². The summed E-state index contributed by atoms with van der Waals surface area (Å²) in [6.07, 6.45) is 3.35. The molecule has 13 heteroatoms. The number of hydrogen-bond acceptors (Lipinski definition) is 7. The van der Waals surface area contributed by atoms with Gasteiger partial charge in [-0.3, -0.25) is 19.9 Å². The maximum Gasteiger partial charge on any atom is 0.351 e. The number of halogens is 2. The molecule has 0 unspecified atom stereocenters. The first kappa shape index (κ1) is 29.7. The number of anilines is 5. The summed E-state index contributed by atoms with van der Waals surface area (Å²) in [4.78, 5) is 40.4. The highest BCUT2D eigenvalue weighted by Gasteiger charge is 2.27. The average Bonchev–Trinajstić information content (AvgIpc) is 3.42. The number of nitrogens with zero attached hydrogens (tertiary/aromatic N) is 3. The van der Waals surface area contributed by atoms with Crippen LogP contribution in [0.4, 0.5) is 37.6 Å². The second-order valence-electron chi connectivity index (χ2n) is 10.9. The summed E-state index contributed by atoms with van der Waals surface area (Å²) in [6.45, 7) is 4.34. The number of amides is 2. The molecule has 226 valence electrons. The van der Waals surface area contributed by atoms with Crippen molar-refractivity contribution in [2.45, 2.75) is 32.7 Å². The number of fused-ring (bicyclic) bond motifs is 2. The molecule has 0 atom stereocenters. The largest absolute Gasteiger partial charge is 0.493 e. The van der Waals surface area contributed by atoms with Crippen molar-refractivity contribution in [3.05, 3.63) is 59.3 Å². The lowest BCUT2D eigenvalue weighted by Crippen LogP contribution is -2.40. The molecule has 0 fully saturated rings. The number of aromatic nitrogens is 3. The second kappa shape index (κ2) is 12.2. The third kappa shape index (κ3) is 6.21. The highest BCUT2D eigenvalue weighted by molar-refractivity contribution is 6.02. The topological polar surface area (TPSA) is 129 Å². The van der Waals surface area contributed by atoms with E-state index in [1.165, 1.54) is 6.07 Å². The summed E-state index contributed by atoms with van der Waals surface area (Å²) in [7, 11) is 5.27. The van der Waals surface area contributed by atoms with E-state index in [0.717, 1.165) is 30.2 Å². The van der Waals surface area contributed by atoms with E-state index in [2.05, 4.69) is 30.9 Å². The fourth-order valence-corrected chi connectivity index (χ4v) is 5.10. The van der Waals surface area contributed by atoms with Crippen LogP contribution < -0.4 is 30.6 Å². The molecule has 2 amide bonds. The first-order valence-electron chi connectivity index (χ1n) is 13.9. The van der Waals surface area contributed by atoms with Gasteiger partial charge in [0.25, 0.3) is 5.91 Å². The summed E-state index contributed by atoms with van der Waals surface area (Å²) in [5.74, 6) is -2.04. The number of ether oxygens (including phenoxy) is 1. The van der Waals surface area contributed by atoms with Crippen molar-refractivity contribution in [3.63, 3.8) is 0 Å². The zero-order valence-electron chi connectivity index (χ0n) is 24.7. The Bertz CT molecular complexity index is 1690. The molecule has 2 aromatic heterocycles. The Morgan fingerprint density at radius 3 is 2.67 bits per heavy atom. The Morgan fingerprint density at radius 2 is 1.95 bits per heavy atom. The molecule has 2 aromatic carbocycles. The quantitative estimate of drug-likeness (QED) is 0.230. The SMILES string of the molecule is COc1cc2c(cc1Nc1nc(Nc3ccc(F)c(F)c3C(=O)NC(C)C)c3cc[nH]c3[nH+]1)N(C(=O)CN(C)C)CCC2. The molecule has 5 N–H and O–H groups in total. The molecule has 0 spiro atoms. The van der Waals surface area contributed by atoms with E-state index in [9.17, 15) is 18.4 Å². The number of aryl methyl sites for hydroxylation is 1. The fourth-order valence-electron chi connectivity index (χ4n) is 5.10. The Balaban J connectivity index is 1.53. The zero-order valence-corrected chi connectivity index (χ0v) is 24.7. The van der Waals surface area contributed by atoms with Crippen LogP contribution in [-0.4, -0.2) is 67.0 Å². The first-order valence-corrected chi connectivity index (χ1v) is 13.9. The van der Waals surface area contributed by atoms with Crippen LogP contribution in [0.2, 0.25) is 0 Å². The molecule has 1 aliphatic rings. The smallest absolute Gasteiger partial charge is 0.351 e. The number of methoxy groups -OCH3 is 1. The van der Waals surface area contributed by atoms with Gasteiger partial charge in [-0.2, -0.15) is 0 Å². The molecule has 5 rings (SSSR count). The number of rotatable bonds is 9. The second-order valence-corrected chi connectivity index (χ2v) is 10.9. The van der Waals surface area contributed by atoms with Crippen molar-refractivity contribution >= 4 is 51.7 Å². The van der Waals surface area contributed by atoms with Crippen LogP contribution in [0.1, 0.15) is 36.2 Å². The van der Waals surface area contributed by atoms with Gasteiger partial charge in [-0.1, -0.05) is 4.98 Å². The summed E-state index contributed by atoms with van der Waals surface area (Å²) in [5.41, 5.74) is 2.53. The van der Waals surface area contributed by atoms with Crippen molar-refractivity contribution in [1.82, 2.24) is 20.2 Å². The third-order valence-electron chi connectivity index (χ3n) is 6.99. The molecule has 0 saturated carbocycles. The number of carbonyl (C=O) groups excluding carboxylic acids is 2. The van der Waals surface area contributed by atoms with Crippen molar-refractivity contribution < 1.29 is 28.1 Å². The van der Waals surface area contributed by atoms with E-state index >= 15 is 0 Å². The van der Waals surface area contributed by atoms with Crippen LogP contribution in [-0.2, 0) is 11.2 Å². The minimum absolute atomic E-state index is 0.00474. The molecule has 0 aliphatic carbocycles. The highest BCUT2D eigenvalue weighted by atomic mass is 19.2. The monoisotopic (exact) mass is 593 g/mol. The number of H-pyrrole nitrogens is 2. The highest BCUT2D eigenvalue weighted by Crippen LogP contribution is 2.38. The Hall–Kier alpha value is -4.78. The van der Waals surface area contributed by atoms with E-state index in [1.807, 2.05) is 31.1 Å². The molecule has 1 aliphatic heterocycles. The fraction of sp³-hybridized carbons (Fsp3) is 0.333. The van der Waals surface area contributed by atoms with Crippen molar-refractivity contribution in [2.75, 3.05) is 49.8 Å². The maximum absolute atomic E-state index is 14.9. The van der Waals surface area contributed by atoms with Gasteiger partial charge in [0, 0.05) is 24.8 Å². The van der Waals surface area contributed by atoms with Gasteiger partial charge in [0.15, 0.2) is 17.4 Å². The van der Waals surface area contributed by atoms with Gasteiger partial charge in [0.1, 0.15) is 11.3 Å². The molecular formula is C30H35F2N8O3+. The van der Waals surface area contributed by atoms with Gasteiger partial charge < -0.3 is 25.2 Å².